The number of hydrogen-bond acceptors (Lipinski definition) is 7. The molecule has 0 saturated carbocycles. The van der Waals surface area contributed by atoms with Gasteiger partial charge >= 0.3 is 0 Å². The van der Waals surface area contributed by atoms with Crippen molar-refractivity contribution in [1.29, 1.82) is 5.26 Å². The van der Waals surface area contributed by atoms with Crippen LogP contribution < -0.4 is 16.0 Å². The Morgan fingerprint density at radius 2 is 2.10 bits per heavy atom. The van der Waals surface area contributed by atoms with Crippen molar-refractivity contribution in [2.24, 2.45) is 0 Å². The zero-order valence-electron chi connectivity index (χ0n) is 16.0. The number of aromatic nitrogens is 5. The standard InChI is InChI=1S/C20H16FN7O2/c1-10(2)30-15-8-24-14(7-25-15)12-9-28(18-11(6-22)4-3-5-13(18)21)20(29)16-17(12)26-27-19(16)23/h3-5,7-10H,1-2H3,(H3,23,26,27). The lowest BCUT2D eigenvalue weighted by molar-refractivity contribution is 0.231. The topological polar surface area (TPSA) is 136 Å². The van der Waals surface area contributed by atoms with E-state index < -0.39 is 11.4 Å². The summed E-state index contributed by atoms with van der Waals surface area (Å²) >= 11 is 0. The van der Waals surface area contributed by atoms with Crippen LogP contribution in [0.4, 0.5) is 10.2 Å². The van der Waals surface area contributed by atoms with Gasteiger partial charge in [-0.3, -0.25) is 14.5 Å². The lowest BCUT2D eigenvalue weighted by Gasteiger charge is -2.12. The fourth-order valence-electron chi connectivity index (χ4n) is 3.11. The van der Waals surface area contributed by atoms with E-state index in [2.05, 4.69) is 20.2 Å². The molecule has 3 aromatic heterocycles. The largest absolute Gasteiger partial charge is 0.474 e. The molecule has 4 rings (SSSR count). The molecule has 0 atom stereocenters. The van der Waals surface area contributed by atoms with Crippen LogP contribution in [-0.4, -0.2) is 30.8 Å². The second kappa shape index (κ2) is 7.29. The maximum absolute atomic E-state index is 14.6. The molecule has 4 aromatic rings. The van der Waals surface area contributed by atoms with Crippen LogP contribution in [0.25, 0.3) is 27.8 Å². The molecule has 0 saturated heterocycles. The molecular formula is C20H16FN7O2. The highest BCUT2D eigenvalue weighted by Gasteiger charge is 2.20. The van der Waals surface area contributed by atoms with Crippen molar-refractivity contribution in [3.05, 3.63) is 58.5 Å². The van der Waals surface area contributed by atoms with Gasteiger partial charge in [-0.15, -0.1) is 0 Å². The Morgan fingerprint density at radius 1 is 1.30 bits per heavy atom. The van der Waals surface area contributed by atoms with E-state index in [4.69, 9.17) is 10.5 Å². The molecule has 0 amide bonds. The number of halogens is 1. The Labute approximate surface area is 169 Å². The molecule has 0 unspecified atom stereocenters. The van der Waals surface area contributed by atoms with Crippen molar-refractivity contribution in [1.82, 2.24) is 24.7 Å². The molecule has 0 fully saturated rings. The maximum atomic E-state index is 14.6. The summed E-state index contributed by atoms with van der Waals surface area (Å²) in [6.07, 6.45) is 4.22. The van der Waals surface area contributed by atoms with Crippen molar-refractivity contribution < 1.29 is 9.13 Å². The van der Waals surface area contributed by atoms with E-state index in [0.29, 0.717) is 22.7 Å². The van der Waals surface area contributed by atoms with E-state index in [-0.39, 0.29) is 28.6 Å². The number of pyridine rings is 1. The minimum atomic E-state index is -0.727. The van der Waals surface area contributed by atoms with Crippen LogP contribution in [0, 0.1) is 17.1 Å². The molecule has 150 valence electrons. The molecule has 0 bridgehead atoms. The van der Waals surface area contributed by atoms with Crippen molar-refractivity contribution in [3.63, 3.8) is 0 Å². The van der Waals surface area contributed by atoms with Crippen molar-refractivity contribution in [2.75, 3.05) is 5.73 Å². The van der Waals surface area contributed by atoms with E-state index in [1.54, 1.807) is 0 Å². The lowest BCUT2D eigenvalue weighted by atomic mass is 10.1. The Morgan fingerprint density at radius 3 is 2.77 bits per heavy atom. The minimum Gasteiger partial charge on any atom is -0.474 e. The molecule has 0 aliphatic carbocycles. The van der Waals surface area contributed by atoms with Gasteiger partial charge in [0, 0.05) is 11.8 Å². The molecule has 1 aromatic carbocycles. The van der Waals surface area contributed by atoms with Crippen LogP contribution in [-0.2, 0) is 0 Å². The second-order valence-corrected chi connectivity index (χ2v) is 6.73. The summed E-state index contributed by atoms with van der Waals surface area (Å²) in [5.41, 5.74) is 6.20. The number of benzene rings is 1. The third-order valence-corrected chi connectivity index (χ3v) is 4.36. The predicted octanol–water partition coefficient (Wildman–Crippen LogP) is 2.55. The van der Waals surface area contributed by atoms with E-state index in [1.165, 1.54) is 36.8 Å². The minimum absolute atomic E-state index is 0.00349. The molecular weight excluding hydrogens is 389 g/mol. The summed E-state index contributed by atoms with van der Waals surface area (Å²) < 4.78 is 21.2. The highest BCUT2D eigenvalue weighted by Crippen LogP contribution is 2.28. The van der Waals surface area contributed by atoms with Crippen LogP contribution in [0.15, 0.2) is 41.6 Å². The van der Waals surface area contributed by atoms with Crippen molar-refractivity contribution in [3.8, 4) is 28.9 Å². The summed E-state index contributed by atoms with van der Waals surface area (Å²) in [4.78, 5) is 21.6. The monoisotopic (exact) mass is 405 g/mol. The van der Waals surface area contributed by atoms with Gasteiger partial charge in [0.05, 0.1) is 35.3 Å². The summed E-state index contributed by atoms with van der Waals surface area (Å²) in [6, 6.07) is 5.89. The third-order valence-electron chi connectivity index (χ3n) is 4.36. The van der Waals surface area contributed by atoms with Gasteiger partial charge < -0.3 is 10.5 Å². The van der Waals surface area contributed by atoms with Crippen LogP contribution >= 0.6 is 0 Å². The Balaban J connectivity index is 2.00. The van der Waals surface area contributed by atoms with Gasteiger partial charge in [0.25, 0.3) is 5.56 Å². The van der Waals surface area contributed by atoms with Gasteiger partial charge in [-0.05, 0) is 26.0 Å². The van der Waals surface area contributed by atoms with E-state index in [0.717, 1.165) is 4.57 Å². The first kappa shape index (κ1) is 19.1. The maximum Gasteiger partial charge on any atom is 0.268 e. The van der Waals surface area contributed by atoms with Gasteiger partial charge in [-0.1, -0.05) is 6.07 Å². The van der Waals surface area contributed by atoms with Gasteiger partial charge in [0.1, 0.15) is 23.0 Å². The SMILES string of the molecule is CC(C)Oc1cnc(-c2cn(-c3c(F)cccc3C#N)c(=O)c3c(N)n[nH]c23)cn1. The average Bonchev–Trinajstić information content (AvgIpc) is 3.11. The number of nitrogens with one attached hydrogen (secondary N) is 1. The molecule has 3 heterocycles. The highest BCUT2D eigenvalue weighted by atomic mass is 19.1. The number of fused-ring (bicyclic) bond motifs is 1. The van der Waals surface area contributed by atoms with Gasteiger partial charge in [0.2, 0.25) is 5.88 Å². The number of ether oxygens (including phenoxy) is 1. The number of nitrogens with two attached hydrogens (primary N) is 1. The number of nitrogens with zero attached hydrogens (tertiary/aromatic N) is 5. The molecule has 0 aliphatic heterocycles. The van der Waals surface area contributed by atoms with Crippen LogP contribution in [0.3, 0.4) is 0 Å². The highest BCUT2D eigenvalue weighted by molar-refractivity contribution is 5.97. The molecule has 0 spiro atoms. The normalized spacial score (nSPS) is 11.0. The Kier molecular flexibility index (Phi) is 4.63. The molecule has 9 nitrogen and oxygen atoms in total. The smallest absolute Gasteiger partial charge is 0.268 e. The van der Waals surface area contributed by atoms with Crippen molar-refractivity contribution in [2.45, 2.75) is 20.0 Å². The first-order valence-corrected chi connectivity index (χ1v) is 8.98. The number of para-hydroxylation sites is 1. The second-order valence-electron chi connectivity index (χ2n) is 6.73. The predicted molar refractivity (Wildman–Crippen MR) is 108 cm³/mol. The number of nitrogen functional groups attached to an aromatic ring is 1. The number of H-pyrrole nitrogens is 1. The summed E-state index contributed by atoms with van der Waals surface area (Å²) in [5, 5.41) is 16.1. The average molecular weight is 405 g/mol. The molecule has 0 radical (unpaired) electrons. The summed E-state index contributed by atoms with van der Waals surface area (Å²) in [6.45, 7) is 3.73. The van der Waals surface area contributed by atoms with Crippen LogP contribution in [0.2, 0.25) is 0 Å². The quantitative estimate of drug-likeness (QED) is 0.532. The lowest BCUT2D eigenvalue weighted by Crippen LogP contribution is -2.21. The number of aromatic amines is 1. The summed E-state index contributed by atoms with van der Waals surface area (Å²) in [5.74, 6) is -0.438. The fourth-order valence-corrected chi connectivity index (χ4v) is 3.11. The Hall–Kier alpha value is -4.26. The van der Waals surface area contributed by atoms with E-state index in [9.17, 15) is 14.4 Å². The number of rotatable bonds is 4. The number of hydrogen-bond donors (Lipinski definition) is 2. The van der Waals surface area contributed by atoms with Crippen LogP contribution in [0.1, 0.15) is 19.4 Å². The molecule has 30 heavy (non-hydrogen) atoms. The number of nitriles is 1. The molecule has 3 N–H and O–H groups in total. The number of anilines is 1. The van der Waals surface area contributed by atoms with E-state index in [1.807, 2.05) is 19.9 Å². The van der Waals surface area contributed by atoms with Gasteiger partial charge in [0.15, 0.2) is 5.82 Å². The van der Waals surface area contributed by atoms with Gasteiger partial charge in [-0.25, -0.2) is 14.4 Å². The Bertz CT molecular complexity index is 1350. The summed E-state index contributed by atoms with van der Waals surface area (Å²) in [7, 11) is 0. The third kappa shape index (κ3) is 3.12. The first-order valence-electron chi connectivity index (χ1n) is 8.98. The first-order chi connectivity index (χ1) is 14.4. The molecule has 10 heteroatoms. The van der Waals surface area contributed by atoms with Crippen LogP contribution in [0.5, 0.6) is 5.88 Å². The molecule has 0 aliphatic rings. The van der Waals surface area contributed by atoms with Gasteiger partial charge in [-0.2, -0.15) is 10.4 Å². The van der Waals surface area contributed by atoms with E-state index >= 15 is 0 Å². The zero-order chi connectivity index (χ0) is 21.4. The van der Waals surface area contributed by atoms with Crippen molar-refractivity contribution >= 4 is 16.7 Å². The zero-order valence-corrected chi connectivity index (χ0v) is 16.0. The fraction of sp³-hybridized carbons (Fsp3) is 0.150.